The molecule has 0 fully saturated rings. The molecule has 3 aromatic rings. The highest BCUT2D eigenvalue weighted by Crippen LogP contribution is 2.33. The summed E-state index contributed by atoms with van der Waals surface area (Å²) in [5.74, 6) is 0.171. The monoisotopic (exact) mass is 486 g/mol. The summed E-state index contributed by atoms with van der Waals surface area (Å²) in [7, 11) is -3.86. The second-order valence-corrected chi connectivity index (χ2v) is 8.99. The molecule has 0 saturated heterocycles. The number of furan rings is 1. The van der Waals surface area contributed by atoms with Gasteiger partial charge in [-0.2, -0.15) is 10.1 Å². The zero-order valence-corrected chi connectivity index (χ0v) is 18.5. The molecule has 1 aliphatic rings. The molecule has 0 aliphatic carbocycles. The summed E-state index contributed by atoms with van der Waals surface area (Å²) in [5.41, 5.74) is 1.25. The second-order valence-electron chi connectivity index (χ2n) is 7.02. The summed E-state index contributed by atoms with van der Waals surface area (Å²) >= 11 is 6.16. The van der Waals surface area contributed by atoms with Crippen LogP contribution in [0, 0.1) is 10.1 Å². The van der Waals surface area contributed by atoms with Crippen molar-refractivity contribution in [3.63, 3.8) is 0 Å². The molecule has 1 aromatic heterocycles. The third kappa shape index (κ3) is 4.42. The SMILES string of the molecule is CC1=NN(c2ccc(S(N)(=O)=O)cc2)C(=O)C1=Cc1ccc(-c2cc([N+](=O)[O-])ccc2Cl)o1. The number of rotatable bonds is 5. The molecule has 0 unspecified atom stereocenters. The number of nitrogens with two attached hydrogens (primary N) is 1. The van der Waals surface area contributed by atoms with Crippen LogP contribution in [0.3, 0.4) is 0 Å². The van der Waals surface area contributed by atoms with Crippen molar-refractivity contribution in [2.75, 3.05) is 5.01 Å². The maximum absolute atomic E-state index is 12.9. The second kappa shape index (κ2) is 8.28. The van der Waals surface area contributed by atoms with Gasteiger partial charge in [0.05, 0.1) is 31.8 Å². The molecule has 0 radical (unpaired) electrons. The van der Waals surface area contributed by atoms with Crippen molar-refractivity contribution in [3.8, 4) is 11.3 Å². The Morgan fingerprint density at radius 1 is 1.15 bits per heavy atom. The molecule has 1 amide bonds. The number of hydrazone groups is 1. The molecule has 33 heavy (non-hydrogen) atoms. The quantitative estimate of drug-likeness (QED) is 0.327. The number of nitrogens with zero attached hydrogens (tertiary/aromatic N) is 3. The molecule has 0 bridgehead atoms. The standard InChI is InChI=1S/C21H15ClN4O6S/c1-12-17(21(27)25(24-12)13-2-6-16(7-3-13)33(23,30)31)11-15-5-9-20(32-15)18-10-14(26(28)29)4-8-19(18)22/h2-11H,1H3,(H2,23,30,31). The molecule has 0 spiro atoms. The molecule has 4 rings (SSSR count). The van der Waals surface area contributed by atoms with Crippen molar-refractivity contribution in [3.05, 3.63) is 81.1 Å². The first kappa shape index (κ1) is 22.4. The first-order chi connectivity index (χ1) is 15.5. The van der Waals surface area contributed by atoms with Crippen LogP contribution in [0.15, 0.2) is 74.6 Å². The minimum absolute atomic E-state index is 0.0858. The first-order valence-corrected chi connectivity index (χ1v) is 11.3. The predicted octanol–water partition coefficient (Wildman–Crippen LogP) is 3.96. The summed E-state index contributed by atoms with van der Waals surface area (Å²) in [4.78, 5) is 23.3. The predicted molar refractivity (Wildman–Crippen MR) is 122 cm³/mol. The number of anilines is 1. The van der Waals surface area contributed by atoms with Gasteiger partial charge < -0.3 is 4.42 Å². The van der Waals surface area contributed by atoms with E-state index in [9.17, 15) is 23.3 Å². The molecule has 12 heteroatoms. The number of benzene rings is 2. The third-order valence-electron chi connectivity index (χ3n) is 4.81. The number of hydrogen-bond acceptors (Lipinski definition) is 7. The van der Waals surface area contributed by atoms with Crippen molar-refractivity contribution in [1.29, 1.82) is 0 Å². The summed E-state index contributed by atoms with van der Waals surface area (Å²) in [6.45, 7) is 1.64. The molecule has 10 nitrogen and oxygen atoms in total. The van der Waals surface area contributed by atoms with E-state index in [-0.39, 0.29) is 21.2 Å². The van der Waals surface area contributed by atoms with Crippen molar-refractivity contribution < 1.29 is 22.6 Å². The average Bonchev–Trinajstić information content (AvgIpc) is 3.33. The van der Waals surface area contributed by atoms with Gasteiger partial charge in [-0.15, -0.1) is 0 Å². The number of primary sulfonamides is 1. The van der Waals surface area contributed by atoms with Crippen molar-refractivity contribution >= 4 is 50.7 Å². The van der Waals surface area contributed by atoms with Crippen LogP contribution < -0.4 is 10.1 Å². The minimum atomic E-state index is -3.86. The summed E-state index contributed by atoms with van der Waals surface area (Å²) in [6.07, 6.45) is 1.49. The molecule has 1 aliphatic heterocycles. The van der Waals surface area contributed by atoms with Crippen LogP contribution in [0.25, 0.3) is 17.4 Å². The van der Waals surface area contributed by atoms with E-state index < -0.39 is 20.9 Å². The van der Waals surface area contributed by atoms with Crippen LogP contribution in [0.2, 0.25) is 5.02 Å². The Labute approximate surface area is 192 Å². The van der Waals surface area contributed by atoms with E-state index in [1.54, 1.807) is 19.1 Å². The zero-order valence-electron chi connectivity index (χ0n) is 16.9. The van der Waals surface area contributed by atoms with Crippen molar-refractivity contribution in [2.24, 2.45) is 10.2 Å². The molecule has 168 valence electrons. The number of non-ortho nitro benzene ring substituents is 1. The van der Waals surface area contributed by atoms with Gasteiger partial charge in [0.1, 0.15) is 11.5 Å². The van der Waals surface area contributed by atoms with Gasteiger partial charge in [0, 0.05) is 17.7 Å². The Bertz CT molecular complexity index is 1460. The number of nitro benzene ring substituents is 1. The topological polar surface area (TPSA) is 149 Å². The third-order valence-corrected chi connectivity index (χ3v) is 6.07. The molecule has 2 heterocycles. The normalized spacial score (nSPS) is 15.2. The largest absolute Gasteiger partial charge is 0.457 e. The summed E-state index contributed by atoms with van der Waals surface area (Å²) in [6, 6.07) is 12.6. The van der Waals surface area contributed by atoms with E-state index in [0.717, 1.165) is 5.01 Å². The maximum Gasteiger partial charge on any atom is 0.280 e. The van der Waals surface area contributed by atoms with Gasteiger partial charge in [-0.05, 0) is 55.5 Å². The van der Waals surface area contributed by atoms with Crippen LogP contribution in [0.5, 0.6) is 0 Å². The number of hydrogen-bond donors (Lipinski definition) is 1. The molecule has 2 aromatic carbocycles. The summed E-state index contributed by atoms with van der Waals surface area (Å²) in [5, 5.41) is 21.8. The highest BCUT2D eigenvalue weighted by atomic mass is 35.5. The number of halogens is 1. The Kier molecular flexibility index (Phi) is 5.62. The van der Waals surface area contributed by atoms with E-state index >= 15 is 0 Å². The fourth-order valence-corrected chi connectivity index (χ4v) is 3.90. The van der Waals surface area contributed by atoms with Crippen LogP contribution >= 0.6 is 11.6 Å². The number of amides is 1. The van der Waals surface area contributed by atoms with Gasteiger partial charge in [-0.3, -0.25) is 14.9 Å². The molecular weight excluding hydrogens is 472 g/mol. The molecule has 0 saturated carbocycles. The summed E-state index contributed by atoms with van der Waals surface area (Å²) < 4.78 is 28.6. The lowest BCUT2D eigenvalue weighted by atomic mass is 10.1. The maximum atomic E-state index is 12.9. The van der Waals surface area contributed by atoms with Crippen molar-refractivity contribution in [2.45, 2.75) is 11.8 Å². The zero-order chi connectivity index (χ0) is 23.9. The smallest absolute Gasteiger partial charge is 0.280 e. The van der Waals surface area contributed by atoms with Gasteiger partial charge in [0.15, 0.2) is 0 Å². The lowest BCUT2D eigenvalue weighted by Gasteiger charge is -2.11. The Morgan fingerprint density at radius 3 is 2.48 bits per heavy atom. The Hall–Kier alpha value is -3.80. The first-order valence-electron chi connectivity index (χ1n) is 9.33. The van der Waals surface area contributed by atoms with Gasteiger partial charge in [-0.1, -0.05) is 11.6 Å². The minimum Gasteiger partial charge on any atom is -0.457 e. The number of carbonyl (C=O) groups excluding carboxylic acids is 1. The van der Waals surface area contributed by atoms with Crippen LogP contribution in [0.4, 0.5) is 11.4 Å². The number of carbonyl (C=O) groups is 1. The lowest BCUT2D eigenvalue weighted by molar-refractivity contribution is -0.384. The van der Waals surface area contributed by atoms with Gasteiger partial charge >= 0.3 is 0 Å². The highest BCUT2D eigenvalue weighted by Gasteiger charge is 2.29. The van der Waals surface area contributed by atoms with Crippen LogP contribution in [-0.2, 0) is 14.8 Å². The van der Waals surface area contributed by atoms with Gasteiger partial charge in [-0.25, -0.2) is 13.6 Å². The van der Waals surface area contributed by atoms with E-state index in [2.05, 4.69) is 5.10 Å². The van der Waals surface area contributed by atoms with Crippen LogP contribution in [0.1, 0.15) is 12.7 Å². The van der Waals surface area contributed by atoms with E-state index in [1.165, 1.54) is 48.5 Å². The van der Waals surface area contributed by atoms with E-state index in [4.69, 9.17) is 21.2 Å². The van der Waals surface area contributed by atoms with Gasteiger partial charge in [0.2, 0.25) is 10.0 Å². The van der Waals surface area contributed by atoms with Crippen molar-refractivity contribution in [1.82, 2.24) is 0 Å². The van der Waals surface area contributed by atoms with Gasteiger partial charge in [0.25, 0.3) is 11.6 Å². The number of sulfonamides is 1. The average molecular weight is 487 g/mol. The van der Waals surface area contributed by atoms with Crippen LogP contribution in [-0.4, -0.2) is 25.0 Å². The fourth-order valence-electron chi connectivity index (χ4n) is 3.17. The number of nitro groups is 1. The van der Waals surface area contributed by atoms with E-state index in [0.29, 0.717) is 28.5 Å². The van der Waals surface area contributed by atoms with E-state index in [1.807, 2.05) is 0 Å². The Balaban J connectivity index is 1.62. The molecular formula is C21H15ClN4O6S. The molecule has 0 atom stereocenters. The molecule has 2 N–H and O–H groups in total. The fraction of sp³-hybridized carbons (Fsp3) is 0.0476. The highest BCUT2D eigenvalue weighted by molar-refractivity contribution is 7.89. The lowest BCUT2D eigenvalue weighted by Crippen LogP contribution is -2.21. The Morgan fingerprint density at radius 2 is 1.85 bits per heavy atom.